The summed E-state index contributed by atoms with van der Waals surface area (Å²) >= 11 is 1.69. The van der Waals surface area contributed by atoms with Gasteiger partial charge in [-0.3, -0.25) is 9.52 Å². The number of aryl methyl sites for hydroxylation is 2. The van der Waals surface area contributed by atoms with Crippen molar-refractivity contribution in [2.24, 2.45) is 5.92 Å². The van der Waals surface area contributed by atoms with Crippen LogP contribution in [0.2, 0.25) is 0 Å². The normalized spacial score (nSPS) is 14.9. The van der Waals surface area contributed by atoms with E-state index in [-0.39, 0.29) is 11.8 Å². The average molecular weight is 447 g/mol. The molecule has 0 saturated carbocycles. The third-order valence-corrected chi connectivity index (χ3v) is 6.64. The molecule has 0 aliphatic heterocycles. The van der Waals surface area contributed by atoms with Crippen LogP contribution < -0.4 is 15.4 Å². The second-order valence-electron chi connectivity index (χ2n) is 8.39. The minimum absolute atomic E-state index is 0.0248. The Balaban J connectivity index is 1.46. The monoisotopic (exact) mass is 446 g/mol. The van der Waals surface area contributed by atoms with Crippen LogP contribution in [-0.2, 0) is 17.6 Å². The van der Waals surface area contributed by atoms with E-state index in [2.05, 4.69) is 69.7 Å². The largest absolute Gasteiger partial charge is 0.338 e. The summed E-state index contributed by atoms with van der Waals surface area (Å²) in [5.41, 5.74) is 5.71. The fourth-order valence-corrected chi connectivity index (χ4v) is 4.55. The summed E-state index contributed by atoms with van der Waals surface area (Å²) in [5, 5.41) is 6.35. The second kappa shape index (κ2) is 10.2. The molecule has 5 nitrogen and oxygen atoms in total. The van der Waals surface area contributed by atoms with Gasteiger partial charge in [-0.25, -0.2) is 4.98 Å². The molecule has 1 amide bonds. The third-order valence-electron chi connectivity index (χ3n) is 5.73. The van der Waals surface area contributed by atoms with Gasteiger partial charge in [-0.1, -0.05) is 39.0 Å². The summed E-state index contributed by atoms with van der Waals surface area (Å²) in [5.74, 6) is 0.531. The maximum Gasteiger partial charge on any atom is 0.227 e. The lowest BCUT2D eigenvalue weighted by Crippen LogP contribution is -2.18. The van der Waals surface area contributed by atoms with Crippen LogP contribution in [0.15, 0.2) is 65.7 Å². The van der Waals surface area contributed by atoms with Crippen molar-refractivity contribution in [1.29, 1.82) is 0 Å². The lowest BCUT2D eigenvalue weighted by atomic mass is 10.1. The van der Waals surface area contributed by atoms with Gasteiger partial charge in [-0.05, 0) is 84.3 Å². The summed E-state index contributed by atoms with van der Waals surface area (Å²) < 4.78 is 3.65. The fourth-order valence-electron chi connectivity index (χ4n) is 3.75. The van der Waals surface area contributed by atoms with E-state index in [1.807, 2.05) is 26.0 Å². The van der Waals surface area contributed by atoms with Crippen LogP contribution >= 0.6 is 11.9 Å². The third kappa shape index (κ3) is 5.31. The number of nitrogens with zero attached hydrogens (tertiary/aromatic N) is 1. The van der Waals surface area contributed by atoms with Crippen molar-refractivity contribution in [2.45, 2.75) is 51.0 Å². The number of carbonyl (C=O) groups excluding carboxylic acids is 1. The number of amides is 1. The Kier molecular flexibility index (Phi) is 7.12. The van der Waals surface area contributed by atoms with E-state index in [1.54, 1.807) is 18.1 Å². The Morgan fingerprint density at radius 1 is 1.16 bits per heavy atom. The molecule has 0 spiro atoms. The highest BCUT2D eigenvalue weighted by molar-refractivity contribution is 7.97. The molecule has 1 unspecified atom stereocenters. The Morgan fingerprint density at radius 3 is 2.72 bits per heavy atom. The zero-order chi connectivity index (χ0) is 22.5. The molecule has 0 fully saturated rings. The van der Waals surface area contributed by atoms with E-state index in [4.69, 9.17) is 0 Å². The first-order chi connectivity index (χ1) is 15.5. The summed E-state index contributed by atoms with van der Waals surface area (Å²) in [6, 6.07) is 19.2. The minimum Gasteiger partial charge on any atom is -0.338 e. The van der Waals surface area contributed by atoms with E-state index in [0.717, 1.165) is 24.9 Å². The van der Waals surface area contributed by atoms with Gasteiger partial charge in [0.2, 0.25) is 5.91 Å². The highest BCUT2D eigenvalue weighted by Crippen LogP contribution is 2.36. The first-order valence-electron chi connectivity index (χ1n) is 11.2. The Labute approximate surface area is 194 Å². The smallest absolute Gasteiger partial charge is 0.227 e. The molecule has 0 radical (unpaired) electrons. The van der Waals surface area contributed by atoms with Crippen molar-refractivity contribution in [1.82, 2.24) is 9.71 Å². The Bertz CT molecular complexity index is 1080. The number of benzene rings is 2. The first kappa shape index (κ1) is 22.4. The van der Waals surface area contributed by atoms with Crippen molar-refractivity contribution in [2.75, 3.05) is 10.6 Å². The standard InChI is InChI=1S/C26H30N4OS/c1-4-18-7-12-21(13-8-18)32-30-23-14-10-19-9-11-20(16-22(19)23)28-25-24(6-5-15-27-25)29-26(31)17(2)3/h5-9,11-13,15-17,23,30H,4,10,14H2,1-3H3,(H,27,28)(H,29,31). The number of carbonyl (C=O) groups is 1. The van der Waals surface area contributed by atoms with Gasteiger partial charge in [-0.15, -0.1) is 0 Å². The highest BCUT2D eigenvalue weighted by Gasteiger charge is 2.23. The number of nitrogens with one attached hydrogen (secondary N) is 3. The van der Waals surface area contributed by atoms with E-state index >= 15 is 0 Å². The molecule has 1 aromatic heterocycles. The number of anilines is 3. The summed E-state index contributed by atoms with van der Waals surface area (Å²) in [7, 11) is 0. The number of aromatic nitrogens is 1. The molecule has 1 atom stereocenters. The molecule has 2 aromatic carbocycles. The molecule has 0 saturated heterocycles. The molecule has 3 N–H and O–H groups in total. The molecule has 0 bridgehead atoms. The molecular formula is C26H30N4OS. The van der Waals surface area contributed by atoms with Gasteiger partial charge in [0.25, 0.3) is 0 Å². The van der Waals surface area contributed by atoms with Gasteiger partial charge in [0.1, 0.15) is 0 Å². The van der Waals surface area contributed by atoms with E-state index in [0.29, 0.717) is 17.5 Å². The molecule has 32 heavy (non-hydrogen) atoms. The van der Waals surface area contributed by atoms with Gasteiger partial charge in [0.15, 0.2) is 5.82 Å². The maximum absolute atomic E-state index is 12.2. The maximum atomic E-state index is 12.2. The predicted molar refractivity (Wildman–Crippen MR) is 133 cm³/mol. The van der Waals surface area contributed by atoms with Crippen LogP contribution in [0, 0.1) is 5.92 Å². The lowest BCUT2D eigenvalue weighted by Gasteiger charge is -2.16. The topological polar surface area (TPSA) is 66.1 Å². The number of pyridine rings is 1. The van der Waals surface area contributed by atoms with Gasteiger partial charge < -0.3 is 10.6 Å². The molecule has 1 aliphatic carbocycles. The molecule has 4 rings (SSSR count). The van der Waals surface area contributed by atoms with Gasteiger partial charge in [0.05, 0.1) is 5.69 Å². The first-order valence-corrected chi connectivity index (χ1v) is 12.0. The molecular weight excluding hydrogens is 416 g/mol. The van der Waals surface area contributed by atoms with E-state index in [9.17, 15) is 4.79 Å². The Morgan fingerprint density at radius 2 is 1.97 bits per heavy atom. The number of fused-ring (bicyclic) bond motifs is 1. The van der Waals surface area contributed by atoms with Crippen molar-refractivity contribution in [3.8, 4) is 0 Å². The molecule has 1 heterocycles. The van der Waals surface area contributed by atoms with Crippen molar-refractivity contribution < 1.29 is 4.79 Å². The van der Waals surface area contributed by atoms with Gasteiger partial charge in [0, 0.05) is 28.7 Å². The Hall–Kier alpha value is -2.83. The highest BCUT2D eigenvalue weighted by atomic mass is 32.2. The number of hydrogen-bond donors (Lipinski definition) is 3. The predicted octanol–water partition coefficient (Wildman–Crippen LogP) is 6.27. The zero-order valence-electron chi connectivity index (χ0n) is 18.8. The summed E-state index contributed by atoms with van der Waals surface area (Å²) in [6.07, 6.45) is 4.94. The van der Waals surface area contributed by atoms with Crippen molar-refractivity contribution in [3.63, 3.8) is 0 Å². The van der Waals surface area contributed by atoms with Crippen LogP contribution in [0.5, 0.6) is 0 Å². The molecule has 1 aliphatic rings. The van der Waals surface area contributed by atoms with E-state index in [1.165, 1.54) is 21.6 Å². The summed E-state index contributed by atoms with van der Waals surface area (Å²) in [6.45, 7) is 5.93. The van der Waals surface area contributed by atoms with Crippen LogP contribution in [0.25, 0.3) is 0 Å². The minimum atomic E-state index is -0.0921. The SMILES string of the molecule is CCc1ccc(SNC2CCc3ccc(Nc4ncccc4NC(=O)C(C)C)cc32)cc1. The van der Waals surface area contributed by atoms with Crippen LogP contribution in [0.3, 0.4) is 0 Å². The number of rotatable bonds is 8. The van der Waals surface area contributed by atoms with Crippen LogP contribution in [0.1, 0.15) is 49.9 Å². The van der Waals surface area contributed by atoms with Crippen LogP contribution in [-0.4, -0.2) is 10.9 Å². The lowest BCUT2D eigenvalue weighted by molar-refractivity contribution is -0.118. The van der Waals surface area contributed by atoms with Gasteiger partial charge >= 0.3 is 0 Å². The second-order valence-corrected chi connectivity index (χ2v) is 9.30. The van der Waals surface area contributed by atoms with Crippen LogP contribution in [0.4, 0.5) is 17.2 Å². The summed E-state index contributed by atoms with van der Waals surface area (Å²) in [4.78, 5) is 17.8. The molecule has 6 heteroatoms. The fraction of sp³-hybridized carbons (Fsp3) is 0.308. The molecule has 166 valence electrons. The quantitative estimate of drug-likeness (QED) is 0.356. The number of hydrogen-bond acceptors (Lipinski definition) is 5. The van der Waals surface area contributed by atoms with Crippen molar-refractivity contribution >= 4 is 35.0 Å². The van der Waals surface area contributed by atoms with Crippen molar-refractivity contribution in [3.05, 3.63) is 77.5 Å². The molecule has 3 aromatic rings. The van der Waals surface area contributed by atoms with Gasteiger partial charge in [-0.2, -0.15) is 0 Å². The average Bonchev–Trinajstić information content (AvgIpc) is 3.21. The van der Waals surface area contributed by atoms with E-state index < -0.39 is 0 Å². The zero-order valence-corrected chi connectivity index (χ0v) is 19.6.